The van der Waals surface area contributed by atoms with Gasteiger partial charge in [-0.2, -0.15) is 5.10 Å². The Hall–Kier alpha value is -3.28. The molecule has 0 aliphatic rings. The van der Waals surface area contributed by atoms with Gasteiger partial charge in [0, 0.05) is 43.8 Å². The molecular weight excluding hydrogens is 376 g/mol. The molecular formula is C24H30N4O2. The third-order valence-corrected chi connectivity index (χ3v) is 5.47. The molecule has 0 atom stereocenters. The molecule has 0 saturated heterocycles. The molecule has 0 fully saturated rings. The molecule has 1 aromatic heterocycles. The minimum Gasteiger partial charge on any atom is -0.497 e. The zero-order chi connectivity index (χ0) is 21.8. The SMILES string of the molecule is COc1ccc(N(Cc2ccc(N(C)C)cc2)C(=O)Cc2c(C)nn(C)c2C)cc1. The first-order valence-corrected chi connectivity index (χ1v) is 10.00. The molecule has 158 valence electrons. The average Bonchev–Trinajstić information content (AvgIpc) is 2.98. The Balaban J connectivity index is 1.90. The third-order valence-electron chi connectivity index (χ3n) is 5.47. The van der Waals surface area contributed by atoms with Crippen molar-refractivity contribution in [1.29, 1.82) is 0 Å². The van der Waals surface area contributed by atoms with Crippen LogP contribution >= 0.6 is 0 Å². The van der Waals surface area contributed by atoms with E-state index in [1.165, 1.54) is 0 Å². The zero-order valence-electron chi connectivity index (χ0n) is 18.6. The fourth-order valence-corrected chi connectivity index (χ4v) is 3.49. The third kappa shape index (κ3) is 4.64. The van der Waals surface area contributed by atoms with Crippen LogP contribution in [0, 0.1) is 13.8 Å². The maximum atomic E-state index is 13.4. The zero-order valence-corrected chi connectivity index (χ0v) is 18.6. The summed E-state index contributed by atoms with van der Waals surface area (Å²) in [6.07, 6.45) is 0.313. The summed E-state index contributed by atoms with van der Waals surface area (Å²) in [4.78, 5) is 17.3. The lowest BCUT2D eigenvalue weighted by atomic mass is 10.1. The van der Waals surface area contributed by atoms with Gasteiger partial charge in [-0.3, -0.25) is 9.48 Å². The molecule has 3 rings (SSSR count). The number of amides is 1. The van der Waals surface area contributed by atoms with Crippen molar-refractivity contribution in [3.05, 3.63) is 71.0 Å². The largest absolute Gasteiger partial charge is 0.497 e. The second-order valence-corrected chi connectivity index (χ2v) is 7.69. The van der Waals surface area contributed by atoms with Crippen molar-refractivity contribution in [2.45, 2.75) is 26.8 Å². The van der Waals surface area contributed by atoms with E-state index in [2.05, 4.69) is 34.3 Å². The van der Waals surface area contributed by atoms with Crippen molar-refractivity contribution < 1.29 is 9.53 Å². The smallest absolute Gasteiger partial charge is 0.231 e. The van der Waals surface area contributed by atoms with Gasteiger partial charge in [0.1, 0.15) is 5.75 Å². The molecule has 0 aliphatic carbocycles. The van der Waals surface area contributed by atoms with E-state index in [1.807, 2.05) is 68.8 Å². The van der Waals surface area contributed by atoms with E-state index in [1.54, 1.807) is 7.11 Å². The summed E-state index contributed by atoms with van der Waals surface area (Å²) in [5.74, 6) is 0.802. The monoisotopic (exact) mass is 406 g/mol. The molecule has 0 aliphatic heterocycles. The van der Waals surface area contributed by atoms with E-state index in [-0.39, 0.29) is 5.91 Å². The number of carbonyl (C=O) groups excluding carboxylic acids is 1. The number of carbonyl (C=O) groups is 1. The normalized spacial score (nSPS) is 10.7. The van der Waals surface area contributed by atoms with Gasteiger partial charge in [0.25, 0.3) is 0 Å². The van der Waals surface area contributed by atoms with Crippen molar-refractivity contribution in [1.82, 2.24) is 9.78 Å². The lowest BCUT2D eigenvalue weighted by Crippen LogP contribution is -2.32. The van der Waals surface area contributed by atoms with Crippen LogP contribution < -0.4 is 14.5 Å². The van der Waals surface area contributed by atoms with Gasteiger partial charge in [0.2, 0.25) is 5.91 Å². The Labute approximate surface area is 178 Å². The van der Waals surface area contributed by atoms with E-state index in [4.69, 9.17) is 4.74 Å². The number of benzene rings is 2. The van der Waals surface area contributed by atoms with E-state index in [0.717, 1.165) is 39.6 Å². The highest BCUT2D eigenvalue weighted by atomic mass is 16.5. The Morgan fingerprint density at radius 3 is 2.10 bits per heavy atom. The van der Waals surface area contributed by atoms with Gasteiger partial charge in [-0.25, -0.2) is 0 Å². The van der Waals surface area contributed by atoms with Crippen molar-refractivity contribution in [2.24, 2.45) is 7.05 Å². The number of nitrogens with zero attached hydrogens (tertiary/aromatic N) is 4. The Bertz CT molecular complexity index is 1000. The van der Waals surface area contributed by atoms with Crippen LogP contribution in [-0.2, 0) is 24.8 Å². The molecule has 2 aromatic carbocycles. The highest BCUT2D eigenvalue weighted by Gasteiger charge is 2.21. The minimum atomic E-state index is 0.0380. The summed E-state index contributed by atoms with van der Waals surface area (Å²) in [6.45, 7) is 4.45. The predicted molar refractivity (Wildman–Crippen MR) is 121 cm³/mol. The molecule has 0 bridgehead atoms. The summed E-state index contributed by atoms with van der Waals surface area (Å²) in [7, 11) is 7.57. The summed E-state index contributed by atoms with van der Waals surface area (Å²) < 4.78 is 7.10. The van der Waals surface area contributed by atoms with Crippen LogP contribution in [0.15, 0.2) is 48.5 Å². The number of rotatable bonds is 7. The van der Waals surface area contributed by atoms with Gasteiger partial charge < -0.3 is 14.5 Å². The van der Waals surface area contributed by atoms with Gasteiger partial charge in [-0.15, -0.1) is 0 Å². The van der Waals surface area contributed by atoms with Crippen LogP contribution in [0.25, 0.3) is 0 Å². The number of methoxy groups -OCH3 is 1. The van der Waals surface area contributed by atoms with Crippen molar-refractivity contribution in [3.63, 3.8) is 0 Å². The quantitative estimate of drug-likeness (QED) is 0.597. The molecule has 0 unspecified atom stereocenters. The molecule has 0 radical (unpaired) electrons. The molecule has 30 heavy (non-hydrogen) atoms. The molecule has 0 saturated carbocycles. The van der Waals surface area contributed by atoms with Crippen LogP contribution in [0.2, 0.25) is 0 Å². The van der Waals surface area contributed by atoms with Crippen LogP contribution in [0.1, 0.15) is 22.5 Å². The molecule has 0 spiro atoms. The summed E-state index contributed by atoms with van der Waals surface area (Å²) >= 11 is 0. The fraction of sp³-hybridized carbons (Fsp3) is 0.333. The van der Waals surface area contributed by atoms with E-state index < -0.39 is 0 Å². The van der Waals surface area contributed by atoms with Crippen LogP contribution in [0.5, 0.6) is 5.75 Å². The molecule has 6 heteroatoms. The number of anilines is 2. The lowest BCUT2D eigenvalue weighted by molar-refractivity contribution is -0.118. The summed E-state index contributed by atoms with van der Waals surface area (Å²) in [5, 5.41) is 4.45. The second kappa shape index (κ2) is 9.03. The number of hydrogen-bond acceptors (Lipinski definition) is 4. The average molecular weight is 407 g/mol. The first-order chi connectivity index (χ1) is 14.3. The number of aryl methyl sites for hydroxylation is 2. The van der Waals surface area contributed by atoms with E-state index in [0.29, 0.717) is 13.0 Å². The first-order valence-electron chi connectivity index (χ1n) is 10.00. The summed E-state index contributed by atoms with van der Waals surface area (Å²) in [5.41, 5.74) is 5.95. The highest BCUT2D eigenvalue weighted by molar-refractivity contribution is 5.95. The van der Waals surface area contributed by atoms with Crippen molar-refractivity contribution in [3.8, 4) is 5.75 Å². The van der Waals surface area contributed by atoms with Gasteiger partial charge in [-0.1, -0.05) is 12.1 Å². The lowest BCUT2D eigenvalue weighted by Gasteiger charge is -2.24. The van der Waals surface area contributed by atoms with E-state index in [9.17, 15) is 4.79 Å². The summed E-state index contributed by atoms with van der Waals surface area (Å²) in [6, 6.07) is 15.9. The minimum absolute atomic E-state index is 0.0380. The van der Waals surface area contributed by atoms with Gasteiger partial charge in [-0.05, 0) is 55.8 Å². The highest BCUT2D eigenvalue weighted by Crippen LogP contribution is 2.24. The fourth-order valence-electron chi connectivity index (χ4n) is 3.49. The molecule has 1 heterocycles. The number of aromatic nitrogens is 2. The standard InChI is InChI=1S/C24H30N4O2/c1-17-23(18(2)27(5)25-17)15-24(29)28(21-11-13-22(30-6)14-12-21)16-19-7-9-20(10-8-19)26(3)4/h7-14H,15-16H2,1-6H3. The van der Waals surface area contributed by atoms with Crippen LogP contribution in [0.4, 0.5) is 11.4 Å². The molecule has 3 aromatic rings. The Kier molecular flexibility index (Phi) is 6.45. The molecule has 6 nitrogen and oxygen atoms in total. The number of ether oxygens (including phenoxy) is 1. The van der Waals surface area contributed by atoms with Gasteiger partial charge >= 0.3 is 0 Å². The van der Waals surface area contributed by atoms with Gasteiger partial charge in [0.15, 0.2) is 0 Å². The topological polar surface area (TPSA) is 50.6 Å². The Morgan fingerprint density at radius 2 is 1.60 bits per heavy atom. The Morgan fingerprint density at radius 1 is 1.00 bits per heavy atom. The van der Waals surface area contributed by atoms with E-state index >= 15 is 0 Å². The van der Waals surface area contributed by atoms with Crippen molar-refractivity contribution >= 4 is 17.3 Å². The van der Waals surface area contributed by atoms with Crippen LogP contribution in [-0.4, -0.2) is 36.9 Å². The maximum absolute atomic E-state index is 13.4. The van der Waals surface area contributed by atoms with Crippen molar-refractivity contribution in [2.75, 3.05) is 31.0 Å². The maximum Gasteiger partial charge on any atom is 0.231 e. The predicted octanol–water partition coefficient (Wildman–Crippen LogP) is 3.89. The molecule has 1 amide bonds. The van der Waals surface area contributed by atoms with Crippen LogP contribution in [0.3, 0.4) is 0 Å². The van der Waals surface area contributed by atoms with Gasteiger partial charge in [0.05, 0.1) is 25.8 Å². The second-order valence-electron chi connectivity index (χ2n) is 7.69. The molecule has 0 N–H and O–H groups in total. The number of hydrogen-bond donors (Lipinski definition) is 0. The first kappa shape index (κ1) is 21.4.